The van der Waals surface area contributed by atoms with E-state index in [9.17, 15) is 19.0 Å². The zero-order chi connectivity index (χ0) is 48.8. The summed E-state index contributed by atoms with van der Waals surface area (Å²) >= 11 is 0. The minimum absolute atomic E-state index is 0.0396. The fraction of sp³-hybridized carbons (Fsp3) is 0.754. The summed E-state index contributed by atoms with van der Waals surface area (Å²) in [4.78, 5) is 35.1. The molecule has 0 heterocycles. The van der Waals surface area contributed by atoms with E-state index in [1.807, 2.05) is 0 Å². The van der Waals surface area contributed by atoms with Crippen LogP contribution in [-0.2, 0) is 32.7 Å². The van der Waals surface area contributed by atoms with Gasteiger partial charge in [0.15, 0.2) is 6.10 Å². The van der Waals surface area contributed by atoms with Gasteiger partial charge < -0.3 is 20.1 Å². The van der Waals surface area contributed by atoms with E-state index >= 15 is 0 Å². The van der Waals surface area contributed by atoms with Gasteiger partial charge in [0.1, 0.15) is 6.61 Å². The Morgan fingerprint density at radius 3 is 1.10 bits per heavy atom. The van der Waals surface area contributed by atoms with Crippen molar-refractivity contribution in [3.8, 4) is 0 Å². The number of nitrogens with two attached hydrogens (primary N) is 1. The lowest BCUT2D eigenvalue weighted by Crippen LogP contribution is -2.29. The van der Waals surface area contributed by atoms with Crippen LogP contribution in [0.5, 0.6) is 0 Å². The fourth-order valence-corrected chi connectivity index (χ4v) is 8.14. The minimum atomic E-state index is -4.41. The second-order valence-electron chi connectivity index (χ2n) is 18.0. The molecule has 10 heteroatoms. The molecule has 388 valence electrons. The summed E-state index contributed by atoms with van der Waals surface area (Å²) in [7, 11) is -4.41. The van der Waals surface area contributed by atoms with Crippen molar-refractivity contribution < 1.29 is 37.6 Å². The van der Waals surface area contributed by atoms with E-state index in [0.29, 0.717) is 12.8 Å². The van der Waals surface area contributed by atoms with E-state index in [4.69, 9.17) is 24.3 Å². The van der Waals surface area contributed by atoms with Gasteiger partial charge in [0.05, 0.1) is 13.2 Å². The van der Waals surface area contributed by atoms with Crippen molar-refractivity contribution in [3.05, 3.63) is 72.9 Å². The number of carbonyl (C=O) groups is 2. The average Bonchev–Trinajstić information content (AvgIpc) is 3.32. The van der Waals surface area contributed by atoms with Gasteiger partial charge in [-0.05, 0) is 128 Å². The van der Waals surface area contributed by atoms with Gasteiger partial charge in [0.25, 0.3) is 0 Å². The molecule has 0 aliphatic rings. The second-order valence-corrected chi connectivity index (χ2v) is 19.5. The quantitative estimate of drug-likeness (QED) is 0.0264. The van der Waals surface area contributed by atoms with Crippen molar-refractivity contribution in [1.82, 2.24) is 0 Å². The van der Waals surface area contributed by atoms with Crippen LogP contribution >= 0.6 is 7.82 Å². The summed E-state index contributed by atoms with van der Waals surface area (Å²) < 4.78 is 32.9. The Morgan fingerprint density at radius 1 is 0.433 bits per heavy atom. The smallest absolute Gasteiger partial charge is 0.462 e. The van der Waals surface area contributed by atoms with Crippen molar-refractivity contribution in [2.75, 3.05) is 26.4 Å². The van der Waals surface area contributed by atoms with E-state index in [0.717, 1.165) is 51.4 Å². The van der Waals surface area contributed by atoms with Gasteiger partial charge in [0, 0.05) is 19.4 Å². The molecule has 0 aromatic rings. The van der Waals surface area contributed by atoms with Crippen LogP contribution < -0.4 is 5.73 Å². The standard InChI is InChI=1S/C57H102NO8P/c1-3-5-7-9-11-13-15-17-19-21-23-25-27-29-31-33-35-37-39-41-43-45-47-49-56(59)63-53-55(54-65-67(61,62)64-52-51-58)66-57(60)50-48-46-44-42-40-38-36-34-32-30-28-26-24-22-20-18-16-14-12-10-8-6-4-2/h13-16,33-36,41-44,55H,3-12,17-32,37-40,45-54,58H2,1-2H3,(H,61,62)/b15-13-,16-14+,35-33-,36-34-,43-41-,44-42-/t55-/m1/s1. The number of phosphoric acid groups is 1. The number of hydrogen-bond donors (Lipinski definition) is 2. The Balaban J connectivity index is 4.13. The van der Waals surface area contributed by atoms with Crippen molar-refractivity contribution >= 4 is 19.8 Å². The molecule has 0 radical (unpaired) electrons. The van der Waals surface area contributed by atoms with Gasteiger partial charge in [0.2, 0.25) is 0 Å². The van der Waals surface area contributed by atoms with Crippen molar-refractivity contribution in [2.24, 2.45) is 5.73 Å². The van der Waals surface area contributed by atoms with E-state index < -0.39 is 32.5 Å². The number of unbranched alkanes of at least 4 members (excludes halogenated alkanes) is 26. The summed E-state index contributed by atoms with van der Waals surface area (Å²) in [6.45, 7) is 3.65. The molecule has 0 saturated carbocycles. The van der Waals surface area contributed by atoms with Gasteiger partial charge in [-0.1, -0.05) is 177 Å². The highest BCUT2D eigenvalue weighted by Gasteiger charge is 2.26. The molecular formula is C57H102NO8P. The number of carbonyl (C=O) groups excluding carboxylic acids is 2. The zero-order valence-electron chi connectivity index (χ0n) is 43.1. The average molecular weight is 960 g/mol. The molecule has 1 unspecified atom stereocenters. The van der Waals surface area contributed by atoms with Gasteiger partial charge in [-0.25, -0.2) is 4.57 Å². The van der Waals surface area contributed by atoms with Crippen LogP contribution in [-0.4, -0.2) is 49.3 Å². The minimum Gasteiger partial charge on any atom is -0.462 e. The molecule has 0 aliphatic heterocycles. The maximum absolute atomic E-state index is 12.6. The van der Waals surface area contributed by atoms with Crippen LogP contribution in [0.1, 0.15) is 245 Å². The highest BCUT2D eigenvalue weighted by atomic mass is 31.2. The predicted octanol–water partition coefficient (Wildman–Crippen LogP) is 17.0. The van der Waals surface area contributed by atoms with Crippen molar-refractivity contribution in [1.29, 1.82) is 0 Å². The van der Waals surface area contributed by atoms with E-state index in [1.54, 1.807) is 0 Å². The Kier molecular flexibility index (Phi) is 50.8. The molecule has 9 nitrogen and oxygen atoms in total. The Bertz CT molecular complexity index is 1320. The lowest BCUT2D eigenvalue weighted by Gasteiger charge is -2.19. The summed E-state index contributed by atoms with van der Waals surface area (Å²) in [6.07, 6.45) is 66.9. The second kappa shape index (κ2) is 52.8. The van der Waals surface area contributed by atoms with Crippen LogP contribution in [0.3, 0.4) is 0 Å². The largest absolute Gasteiger partial charge is 0.472 e. The monoisotopic (exact) mass is 960 g/mol. The highest BCUT2D eigenvalue weighted by Crippen LogP contribution is 2.43. The third-order valence-corrected chi connectivity index (χ3v) is 12.4. The normalized spacial score (nSPS) is 13.7. The van der Waals surface area contributed by atoms with Crippen LogP contribution in [0.15, 0.2) is 72.9 Å². The number of esters is 2. The van der Waals surface area contributed by atoms with Crippen molar-refractivity contribution in [3.63, 3.8) is 0 Å². The molecule has 0 aromatic carbocycles. The van der Waals surface area contributed by atoms with Gasteiger partial charge in [-0.15, -0.1) is 0 Å². The Morgan fingerprint density at radius 2 is 0.746 bits per heavy atom. The molecule has 0 aromatic heterocycles. The van der Waals surface area contributed by atoms with Crippen LogP contribution in [0.25, 0.3) is 0 Å². The fourth-order valence-electron chi connectivity index (χ4n) is 7.37. The lowest BCUT2D eigenvalue weighted by molar-refractivity contribution is -0.161. The topological polar surface area (TPSA) is 134 Å². The molecule has 3 N–H and O–H groups in total. The summed E-state index contributed by atoms with van der Waals surface area (Å²) in [5.41, 5.74) is 5.37. The predicted molar refractivity (Wildman–Crippen MR) is 284 cm³/mol. The number of phosphoric ester groups is 1. The van der Waals surface area contributed by atoms with E-state index in [1.165, 1.54) is 154 Å². The maximum Gasteiger partial charge on any atom is 0.472 e. The first-order valence-corrected chi connectivity index (χ1v) is 28.9. The number of allylic oxidation sites excluding steroid dienone is 12. The molecule has 0 spiro atoms. The molecule has 67 heavy (non-hydrogen) atoms. The molecule has 2 atom stereocenters. The molecule has 0 rings (SSSR count). The van der Waals surface area contributed by atoms with Gasteiger partial charge in [-0.3, -0.25) is 18.6 Å². The first kappa shape index (κ1) is 64.5. The first-order valence-electron chi connectivity index (χ1n) is 27.4. The molecule has 0 aliphatic carbocycles. The highest BCUT2D eigenvalue weighted by molar-refractivity contribution is 7.47. The lowest BCUT2D eigenvalue weighted by atomic mass is 10.1. The third kappa shape index (κ3) is 52.7. The summed E-state index contributed by atoms with van der Waals surface area (Å²) in [5.74, 6) is -0.928. The van der Waals surface area contributed by atoms with E-state index in [2.05, 4.69) is 86.8 Å². The van der Waals surface area contributed by atoms with Gasteiger partial charge >= 0.3 is 19.8 Å². The molecule has 0 saturated heterocycles. The molecule has 0 bridgehead atoms. The number of ether oxygens (including phenoxy) is 2. The van der Waals surface area contributed by atoms with E-state index in [-0.39, 0.29) is 32.6 Å². The van der Waals surface area contributed by atoms with Crippen LogP contribution in [0.4, 0.5) is 0 Å². The SMILES string of the molecule is CCCCCC/C=C\CCCCCCCC/C=C\CC/C=C\CCCC(=O)OC[C@H](COP(=O)(O)OCCN)OC(=O)CCC/C=C\CC/C=C\CCCCCCCC/C=C/CCCCCC. The Labute approximate surface area is 411 Å². The van der Waals surface area contributed by atoms with Crippen molar-refractivity contribution in [2.45, 2.75) is 251 Å². The third-order valence-electron chi connectivity index (χ3n) is 11.5. The molecule has 0 fully saturated rings. The van der Waals surface area contributed by atoms with Crippen LogP contribution in [0.2, 0.25) is 0 Å². The van der Waals surface area contributed by atoms with Crippen LogP contribution in [0, 0.1) is 0 Å². The summed E-state index contributed by atoms with van der Waals surface area (Å²) in [6, 6.07) is 0. The molecule has 0 amide bonds. The first-order chi connectivity index (χ1) is 32.8. The zero-order valence-corrected chi connectivity index (χ0v) is 44.0. The Hall–Kier alpha value is -2.55. The number of hydrogen-bond acceptors (Lipinski definition) is 8. The summed E-state index contributed by atoms with van der Waals surface area (Å²) in [5, 5.41) is 0. The maximum atomic E-state index is 12.6. The number of rotatable bonds is 51. The van der Waals surface area contributed by atoms with Gasteiger partial charge in [-0.2, -0.15) is 0 Å². The molecular weight excluding hydrogens is 858 g/mol.